The third kappa shape index (κ3) is 6.98. The van der Waals surface area contributed by atoms with Gasteiger partial charge >= 0.3 is 11.7 Å². The lowest BCUT2D eigenvalue weighted by atomic mass is 10.5. The highest BCUT2D eigenvalue weighted by atomic mass is 32.2. The van der Waals surface area contributed by atoms with Gasteiger partial charge in [0.15, 0.2) is 6.61 Å². The largest absolute Gasteiger partial charge is 0.454 e. The minimum Gasteiger partial charge on any atom is -0.454 e. The van der Waals surface area contributed by atoms with E-state index in [1.54, 1.807) is 23.1 Å². The Bertz CT molecular complexity index is 813. The fraction of sp³-hybridized carbons (Fsp3) is 0.333. The summed E-state index contributed by atoms with van der Waals surface area (Å²) in [6.45, 7) is -0.308. The van der Waals surface area contributed by atoms with E-state index >= 15 is 0 Å². The molecule has 2 rings (SSSR count). The van der Waals surface area contributed by atoms with Gasteiger partial charge in [0.25, 0.3) is 11.5 Å². The van der Waals surface area contributed by atoms with E-state index in [-0.39, 0.29) is 6.54 Å². The van der Waals surface area contributed by atoms with Gasteiger partial charge in [-0.05, 0) is 11.4 Å². The first-order valence-corrected chi connectivity index (χ1v) is 9.40. The molecule has 0 aliphatic rings. The molecule has 0 aromatic carbocycles. The molecule has 0 aliphatic carbocycles. The summed E-state index contributed by atoms with van der Waals surface area (Å²) in [6, 6.07) is 5.18. The van der Waals surface area contributed by atoms with Crippen LogP contribution < -0.4 is 16.6 Å². The van der Waals surface area contributed by atoms with E-state index in [0.717, 1.165) is 22.1 Å². The van der Waals surface area contributed by atoms with Crippen LogP contribution in [0, 0.1) is 0 Å². The van der Waals surface area contributed by atoms with Gasteiger partial charge in [0.2, 0.25) is 0 Å². The van der Waals surface area contributed by atoms with Gasteiger partial charge in [0, 0.05) is 35.2 Å². The third-order valence-corrected chi connectivity index (χ3v) is 5.02. The fourth-order valence-electron chi connectivity index (χ4n) is 1.78. The smallest absolute Gasteiger partial charge is 0.328 e. The van der Waals surface area contributed by atoms with Gasteiger partial charge in [-0.1, -0.05) is 6.07 Å². The molecule has 2 aromatic heterocycles. The maximum Gasteiger partial charge on any atom is 0.328 e. The summed E-state index contributed by atoms with van der Waals surface area (Å²) in [5.74, 6) is 0.510. The highest BCUT2D eigenvalue weighted by molar-refractivity contribution is 7.98. The van der Waals surface area contributed by atoms with Crippen LogP contribution in [0.5, 0.6) is 0 Å². The van der Waals surface area contributed by atoms with E-state index in [4.69, 9.17) is 4.74 Å². The number of amides is 1. The Morgan fingerprint density at radius 2 is 2.16 bits per heavy atom. The molecule has 0 bridgehead atoms. The summed E-state index contributed by atoms with van der Waals surface area (Å²) in [5.41, 5.74) is -1.26. The molecule has 0 saturated carbocycles. The SMILES string of the molecule is O=C(COC(=O)Cn1ccc(=O)[nH]c1=O)NCCSCc1cccs1. The van der Waals surface area contributed by atoms with Crippen LogP contribution in [0.3, 0.4) is 0 Å². The van der Waals surface area contributed by atoms with Crippen molar-refractivity contribution in [2.75, 3.05) is 18.9 Å². The summed E-state index contributed by atoms with van der Waals surface area (Å²) in [4.78, 5) is 48.8. The van der Waals surface area contributed by atoms with Crippen LogP contribution in [-0.2, 0) is 26.6 Å². The van der Waals surface area contributed by atoms with Crippen LogP contribution in [0.15, 0.2) is 39.4 Å². The Morgan fingerprint density at radius 3 is 2.88 bits per heavy atom. The van der Waals surface area contributed by atoms with Crippen LogP contribution in [0.25, 0.3) is 0 Å². The van der Waals surface area contributed by atoms with Crippen LogP contribution in [0.4, 0.5) is 0 Å². The Labute approximate surface area is 151 Å². The number of thiophene rings is 1. The minimum atomic E-state index is -0.739. The number of carbonyl (C=O) groups excluding carboxylic acids is 2. The van der Waals surface area contributed by atoms with E-state index in [9.17, 15) is 19.2 Å². The van der Waals surface area contributed by atoms with E-state index in [1.807, 2.05) is 16.4 Å². The first-order valence-electron chi connectivity index (χ1n) is 7.37. The van der Waals surface area contributed by atoms with Gasteiger partial charge in [-0.25, -0.2) is 4.79 Å². The van der Waals surface area contributed by atoms with Gasteiger partial charge < -0.3 is 10.1 Å². The number of esters is 1. The lowest BCUT2D eigenvalue weighted by Crippen LogP contribution is -2.34. The molecule has 8 nitrogen and oxygen atoms in total. The highest BCUT2D eigenvalue weighted by Gasteiger charge is 2.09. The molecule has 0 aliphatic heterocycles. The normalized spacial score (nSPS) is 10.4. The van der Waals surface area contributed by atoms with E-state index in [2.05, 4.69) is 11.4 Å². The maximum absolute atomic E-state index is 11.6. The summed E-state index contributed by atoms with van der Waals surface area (Å²) in [6.07, 6.45) is 1.19. The number of aromatic nitrogens is 2. The molecule has 2 aromatic rings. The van der Waals surface area contributed by atoms with Crippen LogP contribution in [0.2, 0.25) is 0 Å². The Hall–Kier alpha value is -2.33. The van der Waals surface area contributed by atoms with Gasteiger partial charge in [-0.15, -0.1) is 11.3 Å². The van der Waals surface area contributed by atoms with E-state index in [0.29, 0.717) is 6.54 Å². The Morgan fingerprint density at radius 1 is 1.32 bits per heavy atom. The predicted molar refractivity (Wildman–Crippen MR) is 95.8 cm³/mol. The summed E-state index contributed by atoms with van der Waals surface area (Å²) in [7, 11) is 0. The summed E-state index contributed by atoms with van der Waals surface area (Å²) >= 11 is 3.39. The van der Waals surface area contributed by atoms with Crippen molar-refractivity contribution in [3.63, 3.8) is 0 Å². The summed E-state index contributed by atoms with van der Waals surface area (Å²) < 4.78 is 5.79. The van der Waals surface area contributed by atoms with Crippen molar-refractivity contribution in [1.82, 2.24) is 14.9 Å². The Kier molecular flexibility index (Phi) is 7.48. The van der Waals surface area contributed by atoms with Crippen LogP contribution in [-0.4, -0.2) is 40.3 Å². The number of H-pyrrole nitrogens is 1. The molecule has 1 amide bonds. The van der Waals surface area contributed by atoms with Crippen molar-refractivity contribution < 1.29 is 14.3 Å². The van der Waals surface area contributed by atoms with Crippen LogP contribution in [0.1, 0.15) is 4.88 Å². The molecule has 2 N–H and O–H groups in total. The highest BCUT2D eigenvalue weighted by Crippen LogP contribution is 2.16. The molecular weight excluding hydrogens is 366 g/mol. The minimum absolute atomic E-state index is 0.375. The zero-order valence-electron chi connectivity index (χ0n) is 13.2. The zero-order chi connectivity index (χ0) is 18.1. The van der Waals surface area contributed by atoms with Gasteiger partial charge in [0.05, 0.1) is 0 Å². The second-order valence-corrected chi connectivity index (χ2v) is 7.02. The lowest BCUT2D eigenvalue weighted by Gasteiger charge is -2.07. The number of hydrogen-bond donors (Lipinski definition) is 2. The van der Waals surface area contributed by atoms with Crippen molar-refractivity contribution in [1.29, 1.82) is 0 Å². The average molecular weight is 383 g/mol. The number of carbonyl (C=O) groups is 2. The van der Waals surface area contributed by atoms with Gasteiger partial charge in [-0.3, -0.25) is 23.9 Å². The predicted octanol–water partition coefficient (Wildman–Crippen LogP) is 0.191. The first-order chi connectivity index (χ1) is 12.0. The number of hydrogen-bond acceptors (Lipinski definition) is 7. The topological polar surface area (TPSA) is 110 Å². The number of aromatic amines is 1. The Balaban J connectivity index is 1.60. The number of rotatable bonds is 9. The van der Waals surface area contributed by atoms with Gasteiger partial charge in [-0.2, -0.15) is 11.8 Å². The molecule has 0 fully saturated rings. The van der Waals surface area contributed by atoms with Crippen LogP contribution >= 0.6 is 23.1 Å². The monoisotopic (exact) mass is 383 g/mol. The second-order valence-electron chi connectivity index (χ2n) is 4.88. The molecule has 0 unspecified atom stereocenters. The quantitative estimate of drug-likeness (QED) is 0.473. The number of thioether (sulfide) groups is 1. The number of nitrogens with one attached hydrogen (secondary N) is 2. The maximum atomic E-state index is 11.6. The molecule has 134 valence electrons. The third-order valence-electron chi connectivity index (χ3n) is 2.95. The van der Waals surface area contributed by atoms with Crippen molar-refractivity contribution >= 4 is 35.0 Å². The molecule has 2 heterocycles. The fourth-order valence-corrected chi connectivity index (χ4v) is 3.48. The average Bonchev–Trinajstić information content (AvgIpc) is 3.08. The van der Waals surface area contributed by atoms with Crippen molar-refractivity contribution in [2.45, 2.75) is 12.3 Å². The number of nitrogens with zero attached hydrogens (tertiary/aromatic N) is 1. The molecule has 0 saturated heterocycles. The molecule has 0 radical (unpaired) electrons. The van der Waals surface area contributed by atoms with Crippen molar-refractivity contribution in [3.05, 3.63) is 55.5 Å². The second kappa shape index (κ2) is 9.84. The number of ether oxygens (including phenoxy) is 1. The van der Waals surface area contributed by atoms with E-state index < -0.39 is 29.7 Å². The van der Waals surface area contributed by atoms with E-state index in [1.165, 1.54) is 11.1 Å². The lowest BCUT2D eigenvalue weighted by molar-refractivity contribution is -0.149. The zero-order valence-corrected chi connectivity index (χ0v) is 14.9. The first kappa shape index (κ1) is 19.0. The molecule has 0 atom stereocenters. The standard InChI is InChI=1S/C15H17N3O5S2/c19-12-3-5-18(15(22)17-12)8-14(21)23-9-13(20)16-4-7-24-10-11-2-1-6-25-11/h1-3,5-6H,4,7-10H2,(H,16,20)(H,17,19,22). The van der Waals surface area contributed by atoms with Crippen molar-refractivity contribution in [2.24, 2.45) is 0 Å². The summed E-state index contributed by atoms with van der Waals surface area (Å²) in [5, 5.41) is 4.67. The van der Waals surface area contributed by atoms with Crippen molar-refractivity contribution in [3.8, 4) is 0 Å². The molecule has 10 heteroatoms. The molecule has 25 heavy (non-hydrogen) atoms. The molecule has 0 spiro atoms. The van der Waals surface area contributed by atoms with Gasteiger partial charge in [0.1, 0.15) is 6.54 Å². The molecular formula is C15H17N3O5S2.